The van der Waals surface area contributed by atoms with Gasteiger partial charge in [-0.15, -0.1) is 11.6 Å². The van der Waals surface area contributed by atoms with E-state index in [1.54, 1.807) is 13.8 Å². The van der Waals surface area contributed by atoms with E-state index < -0.39 is 4.92 Å². The van der Waals surface area contributed by atoms with Crippen molar-refractivity contribution in [3.05, 3.63) is 39.4 Å². The summed E-state index contributed by atoms with van der Waals surface area (Å²) in [6.07, 6.45) is 0. The third-order valence-corrected chi connectivity index (χ3v) is 2.36. The summed E-state index contributed by atoms with van der Waals surface area (Å²) in [5, 5.41) is 13.0. The van der Waals surface area contributed by atoms with Crippen LogP contribution in [-0.2, 0) is 0 Å². The summed E-state index contributed by atoms with van der Waals surface area (Å²) in [6, 6.07) is 4.13. The summed E-state index contributed by atoms with van der Waals surface area (Å²) < 4.78 is 0. The number of non-ortho nitro benzene ring substituents is 1. The Labute approximate surface area is 104 Å². The fourth-order valence-electron chi connectivity index (χ4n) is 1.34. The highest BCUT2D eigenvalue weighted by molar-refractivity contribution is 6.20. The van der Waals surface area contributed by atoms with Crippen LogP contribution in [0.25, 0.3) is 0 Å². The van der Waals surface area contributed by atoms with E-state index in [-0.39, 0.29) is 17.0 Å². The molecule has 0 aliphatic carbocycles. The second-order valence-electron chi connectivity index (χ2n) is 3.75. The first-order chi connectivity index (χ1) is 7.91. The number of halogens is 1. The molecule has 0 saturated heterocycles. The van der Waals surface area contributed by atoms with Crippen LogP contribution in [0.4, 0.5) is 5.69 Å². The number of carbonyl (C=O) groups excluding carboxylic acids is 1. The smallest absolute Gasteiger partial charge is 0.269 e. The first kappa shape index (κ1) is 13.4. The predicted molar refractivity (Wildman–Crippen MR) is 65.5 cm³/mol. The molecule has 0 bridgehead atoms. The quantitative estimate of drug-likeness (QED) is 0.510. The molecular formula is C11H13ClN2O3. The first-order valence-electron chi connectivity index (χ1n) is 5.09. The molecule has 1 amide bonds. The van der Waals surface area contributed by atoms with Gasteiger partial charge in [-0.05, 0) is 25.5 Å². The molecule has 17 heavy (non-hydrogen) atoms. The number of nitro benzene ring substituents is 1. The summed E-state index contributed by atoms with van der Waals surface area (Å²) in [4.78, 5) is 21.8. The number of nitrogens with zero attached hydrogens (tertiary/aromatic N) is 1. The van der Waals surface area contributed by atoms with Crippen LogP contribution in [0.5, 0.6) is 0 Å². The molecule has 5 nitrogen and oxygen atoms in total. The molecule has 1 rings (SSSR count). The minimum absolute atomic E-state index is 0.0234. The van der Waals surface area contributed by atoms with Gasteiger partial charge in [-0.3, -0.25) is 14.9 Å². The SMILES string of the molecule is Cc1cc([N+](=O)[O-])ccc1C(=O)NCC(C)Cl. The van der Waals surface area contributed by atoms with Crippen molar-refractivity contribution in [2.75, 3.05) is 6.54 Å². The number of carbonyl (C=O) groups is 1. The summed E-state index contributed by atoms with van der Waals surface area (Å²) in [6.45, 7) is 3.79. The first-order valence-corrected chi connectivity index (χ1v) is 5.52. The molecule has 0 heterocycles. The zero-order chi connectivity index (χ0) is 13.0. The Morgan fingerprint density at radius 1 is 1.59 bits per heavy atom. The maximum absolute atomic E-state index is 11.7. The number of aryl methyl sites for hydroxylation is 1. The highest BCUT2D eigenvalue weighted by Gasteiger charge is 2.13. The Morgan fingerprint density at radius 2 is 2.24 bits per heavy atom. The predicted octanol–water partition coefficient (Wildman–Crippen LogP) is 2.26. The maximum Gasteiger partial charge on any atom is 0.269 e. The number of nitro groups is 1. The van der Waals surface area contributed by atoms with E-state index in [9.17, 15) is 14.9 Å². The maximum atomic E-state index is 11.7. The summed E-state index contributed by atoms with van der Waals surface area (Å²) in [5.41, 5.74) is 0.969. The summed E-state index contributed by atoms with van der Waals surface area (Å²) in [7, 11) is 0. The van der Waals surface area contributed by atoms with E-state index in [2.05, 4.69) is 5.32 Å². The molecule has 0 radical (unpaired) electrons. The van der Waals surface area contributed by atoms with Crippen molar-refractivity contribution >= 4 is 23.2 Å². The number of nitrogens with one attached hydrogen (secondary N) is 1. The summed E-state index contributed by atoms with van der Waals surface area (Å²) in [5.74, 6) is -0.273. The van der Waals surface area contributed by atoms with Crippen LogP contribution in [-0.4, -0.2) is 22.8 Å². The van der Waals surface area contributed by atoms with Gasteiger partial charge in [0.05, 0.1) is 4.92 Å². The van der Waals surface area contributed by atoms with Crippen molar-refractivity contribution in [2.24, 2.45) is 0 Å². The Bertz CT molecular complexity index is 446. The molecule has 0 saturated carbocycles. The zero-order valence-corrected chi connectivity index (χ0v) is 10.3. The van der Waals surface area contributed by atoms with Gasteiger partial charge in [-0.1, -0.05) is 0 Å². The van der Waals surface area contributed by atoms with Gasteiger partial charge >= 0.3 is 0 Å². The van der Waals surface area contributed by atoms with Crippen molar-refractivity contribution in [1.82, 2.24) is 5.32 Å². The topological polar surface area (TPSA) is 72.2 Å². The summed E-state index contributed by atoms with van der Waals surface area (Å²) >= 11 is 5.71. The van der Waals surface area contributed by atoms with Gasteiger partial charge in [0.1, 0.15) is 0 Å². The van der Waals surface area contributed by atoms with E-state index in [0.717, 1.165) is 0 Å². The van der Waals surface area contributed by atoms with Crippen LogP contribution in [0.1, 0.15) is 22.8 Å². The Hall–Kier alpha value is -1.62. The molecule has 1 N–H and O–H groups in total. The molecule has 0 aliphatic heterocycles. The molecule has 1 aromatic carbocycles. The van der Waals surface area contributed by atoms with Gasteiger partial charge < -0.3 is 5.32 Å². The van der Waals surface area contributed by atoms with Crippen molar-refractivity contribution in [3.8, 4) is 0 Å². The molecule has 1 aromatic rings. The lowest BCUT2D eigenvalue weighted by Crippen LogP contribution is -2.29. The van der Waals surface area contributed by atoms with Gasteiger partial charge in [-0.25, -0.2) is 0 Å². The fraction of sp³-hybridized carbons (Fsp3) is 0.364. The minimum Gasteiger partial charge on any atom is -0.351 e. The highest BCUT2D eigenvalue weighted by atomic mass is 35.5. The zero-order valence-electron chi connectivity index (χ0n) is 9.57. The average Bonchev–Trinajstić information content (AvgIpc) is 2.25. The van der Waals surface area contributed by atoms with Gasteiger partial charge in [0, 0.05) is 29.6 Å². The number of hydrogen-bond donors (Lipinski definition) is 1. The van der Waals surface area contributed by atoms with Gasteiger partial charge in [0.25, 0.3) is 11.6 Å². The second-order valence-corrected chi connectivity index (χ2v) is 4.49. The second kappa shape index (κ2) is 5.63. The Kier molecular flexibility index (Phi) is 4.45. The third kappa shape index (κ3) is 3.71. The lowest BCUT2D eigenvalue weighted by atomic mass is 10.1. The van der Waals surface area contributed by atoms with Crippen molar-refractivity contribution in [1.29, 1.82) is 0 Å². The van der Waals surface area contributed by atoms with E-state index >= 15 is 0 Å². The molecule has 6 heteroatoms. The third-order valence-electron chi connectivity index (χ3n) is 2.21. The molecule has 92 valence electrons. The van der Waals surface area contributed by atoms with Crippen molar-refractivity contribution in [3.63, 3.8) is 0 Å². The monoisotopic (exact) mass is 256 g/mol. The lowest BCUT2D eigenvalue weighted by molar-refractivity contribution is -0.384. The Balaban J connectivity index is 2.85. The van der Waals surface area contributed by atoms with Crippen LogP contribution in [0, 0.1) is 17.0 Å². The van der Waals surface area contributed by atoms with E-state index in [1.807, 2.05) is 0 Å². The average molecular weight is 257 g/mol. The van der Waals surface area contributed by atoms with Crippen molar-refractivity contribution in [2.45, 2.75) is 19.2 Å². The Morgan fingerprint density at radius 3 is 2.71 bits per heavy atom. The molecule has 1 unspecified atom stereocenters. The largest absolute Gasteiger partial charge is 0.351 e. The van der Waals surface area contributed by atoms with Crippen LogP contribution >= 0.6 is 11.6 Å². The number of rotatable bonds is 4. The number of alkyl halides is 1. The van der Waals surface area contributed by atoms with Crippen LogP contribution in [0.3, 0.4) is 0 Å². The standard InChI is InChI=1S/C11H13ClN2O3/c1-7-5-9(14(16)17)3-4-10(7)11(15)13-6-8(2)12/h3-5,8H,6H2,1-2H3,(H,13,15). The molecule has 0 spiro atoms. The number of hydrogen-bond acceptors (Lipinski definition) is 3. The van der Waals surface area contributed by atoms with Gasteiger partial charge in [0.15, 0.2) is 0 Å². The van der Waals surface area contributed by atoms with E-state index in [1.165, 1.54) is 18.2 Å². The van der Waals surface area contributed by atoms with Gasteiger partial charge in [-0.2, -0.15) is 0 Å². The van der Waals surface area contributed by atoms with E-state index in [0.29, 0.717) is 17.7 Å². The van der Waals surface area contributed by atoms with Crippen molar-refractivity contribution < 1.29 is 9.72 Å². The molecule has 0 fully saturated rings. The van der Waals surface area contributed by atoms with Crippen LogP contribution in [0.2, 0.25) is 0 Å². The van der Waals surface area contributed by atoms with E-state index in [4.69, 9.17) is 11.6 Å². The molecule has 0 aliphatic rings. The highest BCUT2D eigenvalue weighted by Crippen LogP contribution is 2.16. The minimum atomic E-state index is -0.491. The normalized spacial score (nSPS) is 11.9. The van der Waals surface area contributed by atoms with Crippen LogP contribution < -0.4 is 5.32 Å². The lowest BCUT2D eigenvalue weighted by Gasteiger charge is -2.08. The van der Waals surface area contributed by atoms with Gasteiger partial charge in [0.2, 0.25) is 0 Å². The molecular weight excluding hydrogens is 244 g/mol. The molecule has 1 atom stereocenters. The number of amides is 1. The fourth-order valence-corrected chi connectivity index (χ4v) is 1.42. The molecule has 0 aromatic heterocycles. The number of benzene rings is 1. The van der Waals surface area contributed by atoms with Crippen LogP contribution in [0.15, 0.2) is 18.2 Å².